The molecule has 3 rings (SSSR count). The molecule has 2 heterocycles. The van der Waals surface area contributed by atoms with E-state index in [2.05, 4.69) is 4.98 Å². The Morgan fingerprint density at radius 3 is 2.67 bits per heavy atom. The predicted octanol–water partition coefficient (Wildman–Crippen LogP) is 2.88. The Balaban J connectivity index is 1.82. The zero-order valence-corrected chi connectivity index (χ0v) is 14.6. The summed E-state index contributed by atoms with van der Waals surface area (Å²) in [7, 11) is -1.92. The van der Waals surface area contributed by atoms with Gasteiger partial charge in [0.2, 0.25) is 10.0 Å². The minimum Gasteiger partial charge on any atom is -0.496 e. The number of sulfonamides is 1. The standard InChI is InChI=1S/C18H20N2O3S/c1-14-12-17(5-6-18(14)23-2)24(21,22)20-10-7-15(8-11-20)16-4-3-9-19-13-16/h3-7,9,12-13H,8,10-11H2,1-2H3. The molecule has 0 saturated carbocycles. The summed E-state index contributed by atoms with van der Waals surface area (Å²) in [6.07, 6.45) is 6.19. The van der Waals surface area contributed by atoms with Crippen LogP contribution >= 0.6 is 0 Å². The van der Waals surface area contributed by atoms with Gasteiger partial charge in [-0.25, -0.2) is 8.42 Å². The van der Waals surface area contributed by atoms with Crippen LogP contribution in [0.15, 0.2) is 53.7 Å². The Morgan fingerprint density at radius 2 is 2.08 bits per heavy atom. The molecule has 1 aromatic heterocycles. The molecule has 0 amide bonds. The summed E-state index contributed by atoms with van der Waals surface area (Å²) in [5.74, 6) is 0.686. The van der Waals surface area contributed by atoms with Crippen molar-refractivity contribution >= 4 is 15.6 Å². The molecule has 0 bridgehead atoms. The van der Waals surface area contributed by atoms with Gasteiger partial charge in [0.15, 0.2) is 0 Å². The quantitative estimate of drug-likeness (QED) is 0.856. The maximum Gasteiger partial charge on any atom is 0.243 e. The lowest BCUT2D eigenvalue weighted by molar-refractivity contribution is 0.411. The number of aryl methyl sites for hydroxylation is 1. The van der Waals surface area contributed by atoms with Crippen LogP contribution in [0.5, 0.6) is 5.75 Å². The fourth-order valence-electron chi connectivity index (χ4n) is 2.84. The SMILES string of the molecule is COc1ccc(S(=O)(=O)N2CC=C(c3cccnc3)CC2)cc1C. The van der Waals surface area contributed by atoms with Gasteiger partial charge < -0.3 is 4.74 Å². The van der Waals surface area contributed by atoms with Crippen molar-refractivity contribution in [3.8, 4) is 5.75 Å². The third-order valence-corrected chi connectivity index (χ3v) is 6.07. The first kappa shape index (κ1) is 16.7. The molecule has 126 valence electrons. The van der Waals surface area contributed by atoms with Gasteiger partial charge in [0, 0.05) is 25.5 Å². The number of methoxy groups -OCH3 is 1. The molecule has 24 heavy (non-hydrogen) atoms. The van der Waals surface area contributed by atoms with Crippen molar-refractivity contribution in [3.63, 3.8) is 0 Å². The lowest BCUT2D eigenvalue weighted by Gasteiger charge is -2.26. The van der Waals surface area contributed by atoms with Gasteiger partial charge >= 0.3 is 0 Å². The number of rotatable bonds is 4. The van der Waals surface area contributed by atoms with Crippen LogP contribution in [0.4, 0.5) is 0 Å². The summed E-state index contributed by atoms with van der Waals surface area (Å²) in [6.45, 7) is 2.68. The van der Waals surface area contributed by atoms with Gasteiger partial charge in [0.25, 0.3) is 0 Å². The van der Waals surface area contributed by atoms with E-state index < -0.39 is 10.0 Å². The third kappa shape index (κ3) is 3.20. The molecule has 0 aliphatic carbocycles. The van der Waals surface area contributed by atoms with Crippen molar-refractivity contribution in [2.45, 2.75) is 18.2 Å². The predicted molar refractivity (Wildman–Crippen MR) is 93.3 cm³/mol. The Labute approximate surface area is 142 Å². The van der Waals surface area contributed by atoms with Gasteiger partial charge in [-0.1, -0.05) is 12.1 Å². The summed E-state index contributed by atoms with van der Waals surface area (Å²) >= 11 is 0. The molecule has 0 saturated heterocycles. The molecule has 0 unspecified atom stereocenters. The Morgan fingerprint density at radius 1 is 1.25 bits per heavy atom. The highest BCUT2D eigenvalue weighted by Crippen LogP contribution is 2.27. The molecule has 1 aliphatic heterocycles. The van der Waals surface area contributed by atoms with Crippen LogP contribution in [-0.4, -0.2) is 37.9 Å². The summed E-state index contributed by atoms with van der Waals surface area (Å²) in [5, 5.41) is 0. The molecule has 0 N–H and O–H groups in total. The number of aromatic nitrogens is 1. The van der Waals surface area contributed by atoms with E-state index in [0.717, 1.165) is 16.7 Å². The first-order valence-corrected chi connectivity index (χ1v) is 9.20. The van der Waals surface area contributed by atoms with E-state index in [4.69, 9.17) is 4.74 Å². The third-order valence-electron chi connectivity index (χ3n) is 4.21. The molecule has 2 aromatic rings. The molecule has 0 fully saturated rings. The molecular formula is C18H20N2O3S. The molecule has 0 spiro atoms. The van der Waals surface area contributed by atoms with Gasteiger partial charge in [-0.05, 0) is 54.3 Å². The largest absolute Gasteiger partial charge is 0.496 e. The van der Waals surface area contributed by atoms with Gasteiger partial charge in [-0.2, -0.15) is 4.31 Å². The number of hydrogen-bond donors (Lipinski definition) is 0. The van der Waals surface area contributed by atoms with Gasteiger partial charge in [0.1, 0.15) is 5.75 Å². The summed E-state index contributed by atoms with van der Waals surface area (Å²) in [5.41, 5.74) is 3.00. The van der Waals surface area contributed by atoms with E-state index in [1.807, 2.05) is 31.3 Å². The summed E-state index contributed by atoms with van der Waals surface area (Å²) < 4.78 is 32.4. The minimum atomic E-state index is -3.50. The average Bonchev–Trinajstić information content (AvgIpc) is 2.62. The number of ether oxygens (including phenoxy) is 1. The molecule has 0 atom stereocenters. The fraction of sp³-hybridized carbons (Fsp3) is 0.278. The number of benzene rings is 1. The van der Waals surface area contributed by atoms with Crippen molar-refractivity contribution in [3.05, 3.63) is 59.9 Å². The van der Waals surface area contributed by atoms with Crippen LogP contribution in [0.3, 0.4) is 0 Å². The molecular weight excluding hydrogens is 324 g/mol. The maximum absolute atomic E-state index is 12.8. The Hall–Kier alpha value is -2.18. The lowest BCUT2D eigenvalue weighted by atomic mass is 10.0. The first-order chi connectivity index (χ1) is 11.5. The van der Waals surface area contributed by atoms with Gasteiger partial charge in [-0.3, -0.25) is 4.98 Å². The second kappa shape index (κ2) is 6.75. The van der Waals surface area contributed by atoms with Gasteiger partial charge in [-0.15, -0.1) is 0 Å². The molecule has 1 aliphatic rings. The van der Waals surface area contributed by atoms with Crippen molar-refractivity contribution in [1.82, 2.24) is 9.29 Å². The van der Waals surface area contributed by atoms with Crippen LogP contribution in [0.1, 0.15) is 17.5 Å². The second-order valence-corrected chi connectivity index (χ2v) is 7.65. The van der Waals surface area contributed by atoms with Crippen LogP contribution in [0.2, 0.25) is 0 Å². The fourth-order valence-corrected chi connectivity index (χ4v) is 4.31. The van der Waals surface area contributed by atoms with Crippen LogP contribution < -0.4 is 4.74 Å². The zero-order valence-electron chi connectivity index (χ0n) is 13.8. The van der Waals surface area contributed by atoms with E-state index in [0.29, 0.717) is 30.2 Å². The van der Waals surface area contributed by atoms with Crippen molar-refractivity contribution in [1.29, 1.82) is 0 Å². The zero-order chi connectivity index (χ0) is 17.2. The normalized spacial score (nSPS) is 15.8. The first-order valence-electron chi connectivity index (χ1n) is 7.76. The van der Waals surface area contributed by atoms with E-state index in [-0.39, 0.29) is 0 Å². The number of hydrogen-bond acceptors (Lipinski definition) is 4. The number of nitrogens with zero attached hydrogens (tertiary/aromatic N) is 2. The highest BCUT2D eigenvalue weighted by atomic mass is 32.2. The number of pyridine rings is 1. The van der Waals surface area contributed by atoms with E-state index in [1.165, 1.54) is 4.31 Å². The van der Waals surface area contributed by atoms with Crippen molar-refractivity contribution < 1.29 is 13.2 Å². The highest BCUT2D eigenvalue weighted by Gasteiger charge is 2.26. The second-order valence-electron chi connectivity index (χ2n) is 5.72. The van der Waals surface area contributed by atoms with Crippen LogP contribution in [0, 0.1) is 6.92 Å². The molecule has 0 radical (unpaired) electrons. The molecule has 6 heteroatoms. The van der Waals surface area contributed by atoms with Crippen molar-refractivity contribution in [2.75, 3.05) is 20.2 Å². The van der Waals surface area contributed by atoms with Gasteiger partial charge in [0.05, 0.1) is 12.0 Å². The van der Waals surface area contributed by atoms with Crippen LogP contribution in [-0.2, 0) is 10.0 Å². The summed E-state index contributed by atoms with van der Waals surface area (Å²) in [6, 6.07) is 8.84. The summed E-state index contributed by atoms with van der Waals surface area (Å²) in [4.78, 5) is 4.42. The van der Waals surface area contributed by atoms with Crippen LogP contribution in [0.25, 0.3) is 5.57 Å². The van der Waals surface area contributed by atoms with E-state index >= 15 is 0 Å². The maximum atomic E-state index is 12.8. The smallest absolute Gasteiger partial charge is 0.243 e. The Bertz CT molecular complexity index is 861. The topological polar surface area (TPSA) is 59.5 Å². The Kier molecular flexibility index (Phi) is 4.69. The molecule has 1 aromatic carbocycles. The lowest BCUT2D eigenvalue weighted by Crippen LogP contribution is -2.34. The molecule has 5 nitrogen and oxygen atoms in total. The monoisotopic (exact) mass is 344 g/mol. The average molecular weight is 344 g/mol. The van der Waals surface area contributed by atoms with E-state index in [1.54, 1.807) is 31.5 Å². The van der Waals surface area contributed by atoms with E-state index in [9.17, 15) is 8.42 Å². The highest BCUT2D eigenvalue weighted by molar-refractivity contribution is 7.89. The minimum absolute atomic E-state index is 0.305. The van der Waals surface area contributed by atoms with Crippen molar-refractivity contribution in [2.24, 2.45) is 0 Å².